The molecule has 2 aliphatic rings. The molecule has 1 saturated heterocycles. The van der Waals surface area contributed by atoms with Crippen molar-refractivity contribution in [2.45, 2.75) is 29.2 Å². The number of rotatable bonds is 2. The Bertz CT molecular complexity index is 951. The first-order valence-electron chi connectivity index (χ1n) is 10.3. The van der Waals surface area contributed by atoms with Crippen LogP contribution in [0.2, 0.25) is 0 Å². The molecule has 0 atom stereocenters. The Morgan fingerprint density at radius 3 is 2.06 bits per heavy atom. The average Bonchev–Trinajstić information content (AvgIpc) is 2.72. The molecule has 32 heavy (non-hydrogen) atoms. The van der Waals surface area contributed by atoms with E-state index in [4.69, 9.17) is 0 Å². The maximum Gasteiger partial charge on any atom is 0.327 e. The van der Waals surface area contributed by atoms with Gasteiger partial charge in [0.05, 0.1) is 23.5 Å². The van der Waals surface area contributed by atoms with Gasteiger partial charge in [0.1, 0.15) is 0 Å². The van der Waals surface area contributed by atoms with E-state index >= 15 is 0 Å². The number of halogens is 2. The second-order valence-electron chi connectivity index (χ2n) is 8.31. The van der Waals surface area contributed by atoms with Crippen LogP contribution in [0.5, 0.6) is 0 Å². The zero-order valence-corrected chi connectivity index (χ0v) is 21.1. The van der Waals surface area contributed by atoms with Gasteiger partial charge in [-0.2, -0.15) is 0 Å². The van der Waals surface area contributed by atoms with Gasteiger partial charge in [-0.1, -0.05) is 47.9 Å². The van der Waals surface area contributed by atoms with E-state index in [-0.39, 0.29) is 30.8 Å². The van der Waals surface area contributed by atoms with Gasteiger partial charge >= 0.3 is 6.03 Å². The number of nitrogens with zero attached hydrogens (tertiary/aromatic N) is 3. The van der Waals surface area contributed by atoms with E-state index in [0.717, 1.165) is 53.9 Å². The lowest BCUT2D eigenvalue weighted by molar-refractivity contribution is 0.168. The van der Waals surface area contributed by atoms with Gasteiger partial charge in [0.15, 0.2) is 0 Å². The van der Waals surface area contributed by atoms with E-state index < -0.39 is 5.54 Å². The monoisotopic (exact) mass is 492 g/mol. The Hall–Kier alpha value is -1.88. The number of piperazine rings is 1. The van der Waals surface area contributed by atoms with Crippen molar-refractivity contribution in [1.29, 1.82) is 0 Å². The highest BCUT2D eigenvalue weighted by atomic mass is 35.5. The summed E-state index contributed by atoms with van der Waals surface area (Å²) in [6.45, 7) is 8.88. The fourth-order valence-electron chi connectivity index (χ4n) is 3.66. The summed E-state index contributed by atoms with van der Waals surface area (Å²) >= 11 is 1.69. The van der Waals surface area contributed by atoms with Crippen LogP contribution < -0.4 is 10.2 Å². The lowest BCUT2D eigenvalue weighted by atomic mass is 10.1. The molecule has 0 aliphatic carbocycles. The van der Waals surface area contributed by atoms with Crippen LogP contribution in [0.15, 0.2) is 58.3 Å². The normalized spacial score (nSPS) is 15.8. The SMILES string of the molecule is CN1CCN(CC#CC(C)(C)NC(=O)N2c3ccccc3Sc3ccccc32)CC1.Cl.Cl. The van der Waals surface area contributed by atoms with Crippen molar-refractivity contribution >= 4 is 54.0 Å². The third-order valence-corrected chi connectivity index (χ3v) is 6.48. The van der Waals surface area contributed by atoms with Crippen LogP contribution in [0.4, 0.5) is 16.2 Å². The molecule has 0 aromatic heterocycles. The van der Waals surface area contributed by atoms with Crippen molar-refractivity contribution in [1.82, 2.24) is 15.1 Å². The number of likely N-dealkylation sites (N-methyl/N-ethyl adjacent to an activating group) is 1. The zero-order chi connectivity index (χ0) is 21.1. The van der Waals surface area contributed by atoms with E-state index in [9.17, 15) is 4.79 Å². The van der Waals surface area contributed by atoms with Crippen LogP contribution in [0.3, 0.4) is 0 Å². The minimum Gasteiger partial charge on any atom is -0.322 e. The lowest BCUT2D eigenvalue weighted by Gasteiger charge is -2.33. The number of hydrogen-bond acceptors (Lipinski definition) is 4. The van der Waals surface area contributed by atoms with Crippen LogP contribution in [0.1, 0.15) is 13.8 Å². The predicted molar refractivity (Wildman–Crippen MR) is 138 cm³/mol. The quantitative estimate of drug-likeness (QED) is 0.606. The number of fused-ring (bicyclic) bond motifs is 2. The summed E-state index contributed by atoms with van der Waals surface area (Å²) in [7, 11) is 2.15. The number of carbonyl (C=O) groups is 1. The van der Waals surface area contributed by atoms with Crippen molar-refractivity contribution in [2.24, 2.45) is 0 Å². The molecular formula is C24H30Cl2N4OS. The highest BCUT2D eigenvalue weighted by Gasteiger charge is 2.30. The summed E-state index contributed by atoms with van der Waals surface area (Å²) in [6, 6.07) is 15.9. The molecule has 0 radical (unpaired) electrons. The minimum atomic E-state index is -0.627. The zero-order valence-electron chi connectivity index (χ0n) is 18.6. The number of amides is 2. The lowest BCUT2D eigenvalue weighted by Crippen LogP contribution is -2.48. The highest BCUT2D eigenvalue weighted by Crippen LogP contribution is 2.47. The molecule has 2 aromatic rings. The number of urea groups is 1. The third kappa shape index (κ3) is 6.12. The number of para-hydroxylation sites is 2. The van der Waals surface area contributed by atoms with E-state index in [0.29, 0.717) is 0 Å². The number of hydrogen-bond donors (Lipinski definition) is 1. The number of anilines is 2. The van der Waals surface area contributed by atoms with E-state index in [1.54, 1.807) is 16.7 Å². The van der Waals surface area contributed by atoms with E-state index in [2.05, 4.69) is 46.1 Å². The predicted octanol–water partition coefficient (Wildman–Crippen LogP) is 4.87. The van der Waals surface area contributed by atoms with E-state index in [1.165, 1.54) is 0 Å². The van der Waals surface area contributed by atoms with E-state index in [1.807, 2.05) is 50.2 Å². The van der Waals surface area contributed by atoms with Gasteiger partial charge in [-0.25, -0.2) is 4.79 Å². The van der Waals surface area contributed by atoms with Crippen LogP contribution >= 0.6 is 36.6 Å². The van der Waals surface area contributed by atoms with Crippen molar-refractivity contribution in [3.63, 3.8) is 0 Å². The Labute approximate surface area is 207 Å². The van der Waals surface area contributed by atoms with Crippen molar-refractivity contribution < 1.29 is 4.79 Å². The number of nitrogens with one attached hydrogen (secondary N) is 1. The van der Waals surface area contributed by atoms with Crippen molar-refractivity contribution in [3.05, 3.63) is 48.5 Å². The van der Waals surface area contributed by atoms with Gasteiger partial charge in [0.2, 0.25) is 0 Å². The Kier molecular flexibility index (Phi) is 9.32. The highest BCUT2D eigenvalue weighted by molar-refractivity contribution is 7.99. The fourth-order valence-corrected chi connectivity index (χ4v) is 4.71. The standard InChI is InChI=1S/C24H28N4OS.2ClH/c1-24(2,13-8-14-27-17-15-26(3)16-18-27)25-23(29)28-19-9-4-6-11-21(19)30-22-12-7-5-10-20(22)28;;/h4-7,9-12H,14-18H2,1-3H3,(H,25,29);2*1H. The molecule has 1 fully saturated rings. The van der Waals surface area contributed by atoms with Gasteiger partial charge in [0, 0.05) is 36.0 Å². The Morgan fingerprint density at radius 2 is 1.50 bits per heavy atom. The molecule has 2 aromatic carbocycles. The summed E-state index contributed by atoms with van der Waals surface area (Å²) in [5.74, 6) is 6.54. The summed E-state index contributed by atoms with van der Waals surface area (Å²) in [5.41, 5.74) is 1.18. The van der Waals surface area contributed by atoms with Gasteiger partial charge in [-0.15, -0.1) is 24.8 Å². The largest absolute Gasteiger partial charge is 0.327 e. The Balaban J connectivity index is 0.00000181. The van der Waals surface area contributed by atoms with Crippen LogP contribution in [-0.2, 0) is 0 Å². The van der Waals surface area contributed by atoms with Gasteiger partial charge < -0.3 is 10.2 Å². The molecule has 0 unspecified atom stereocenters. The van der Waals surface area contributed by atoms with Crippen molar-refractivity contribution in [3.8, 4) is 11.8 Å². The topological polar surface area (TPSA) is 38.8 Å². The molecule has 172 valence electrons. The summed E-state index contributed by atoms with van der Waals surface area (Å²) in [6.07, 6.45) is 0. The molecule has 1 N–H and O–H groups in total. The maximum absolute atomic E-state index is 13.4. The van der Waals surface area contributed by atoms with Crippen molar-refractivity contribution in [2.75, 3.05) is 44.7 Å². The number of benzene rings is 2. The van der Waals surface area contributed by atoms with Gasteiger partial charge in [0.25, 0.3) is 0 Å². The second-order valence-corrected chi connectivity index (χ2v) is 9.39. The molecule has 2 heterocycles. The molecular weight excluding hydrogens is 463 g/mol. The fraction of sp³-hybridized carbons (Fsp3) is 0.375. The number of carbonyl (C=O) groups excluding carboxylic acids is 1. The minimum absolute atomic E-state index is 0. The second kappa shape index (κ2) is 11.3. The summed E-state index contributed by atoms with van der Waals surface area (Å²) < 4.78 is 0. The van der Waals surface area contributed by atoms with Crippen LogP contribution in [0, 0.1) is 11.8 Å². The van der Waals surface area contributed by atoms with Crippen LogP contribution in [-0.4, -0.2) is 61.1 Å². The molecule has 5 nitrogen and oxygen atoms in total. The molecule has 8 heteroatoms. The van der Waals surface area contributed by atoms with Gasteiger partial charge in [-0.05, 0) is 45.2 Å². The molecule has 4 rings (SSSR count). The third-order valence-electron chi connectivity index (χ3n) is 5.35. The molecule has 0 bridgehead atoms. The first kappa shape index (κ1) is 26.4. The first-order valence-corrected chi connectivity index (χ1v) is 11.1. The van der Waals surface area contributed by atoms with Crippen LogP contribution in [0.25, 0.3) is 0 Å². The van der Waals surface area contributed by atoms with Gasteiger partial charge in [-0.3, -0.25) is 9.80 Å². The molecule has 2 amide bonds. The molecule has 0 spiro atoms. The smallest absolute Gasteiger partial charge is 0.322 e. The first-order chi connectivity index (χ1) is 14.4. The Morgan fingerprint density at radius 1 is 0.969 bits per heavy atom. The molecule has 2 aliphatic heterocycles. The maximum atomic E-state index is 13.4. The summed E-state index contributed by atoms with van der Waals surface area (Å²) in [4.78, 5) is 22.0. The summed E-state index contributed by atoms with van der Waals surface area (Å²) in [5, 5.41) is 3.13. The average molecular weight is 494 g/mol. The molecule has 0 saturated carbocycles.